The smallest absolute Gasteiger partial charge is 0.269 e. The molecule has 0 unspecified atom stereocenters. The highest BCUT2D eigenvalue weighted by atomic mass is 32.1. The van der Waals surface area contributed by atoms with Crippen molar-refractivity contribution < 1.29 is 9.16 Å². The zero-order chi connectivity index (χ0) is 21.1. The van der Waals surface area contributed by atoms with Crippen LogP contribution < -0.4 is 0 Å². The first-order chi connectivity index (χ1) is 13.5. The Morgan fingerprint density at radius 1 is 1.31 bits per heavy atom. The maximum absolute atomic E-state index is 6.80. The van der Waals surface area contributed by atoms with E-state index in [1.165, 1.54) is 11.1 Å². The normalized spacial score (nSPS) is 28.4. The third-order valence-corrected chi connectivity index (χ3v) is 12.7. The van der Waals surface area contributed by atoms with Gasteiger partial charge in [-0.1, -0.05) is 52.0 Å². The minimum Gasteiger partial charge on any atom is -0.466 e. The van der Waals surface area contributed by atoms with Gasteiger partial charge in [0, 0.05) is 29.8 Å². The van der Waals surface area contributed by atoms with Gasteiger partial charge in [-0.2, -0.15) is 0 Å². The fourth-order valence-electron chi connectivity index (χ4n) is 4.77. The van der Waals surface area contributed by atoms with Gasteiger partial charge < -0.3 is 9.16 Å². The van der Waals surface area contributed by atoms with Crippen molar-refractivity contribution in [3.63, 3.8) is 0 Å². The molecule has 0 saturated heterocycles. The summed E-state index contributed by atoms with van der Waals surface area (Å²) in [4.78, 5) is 4.10. The van der Waals surface area contributed by atoms with Crippen LogP contribution in [0.1, 0.15) is 45.2 Å². The molecule has 1 aromatic carbocycles. The van der Waals surface area contributed by atoms with E-state index in [0.29, 0.717) is 11.8 Å². The molecule has 1 heterocycles. The SMILES string of the molecule is CC(C)(C)[Si](C)(C)OC[C@]12Cc3ccccc3[C@@]1(C)C[C@@H]2OC(=S)n1ccnc1. The Morgan fingerprint density at radius 2 is 2.03 bits per heavy atom. The molecule has 0 N–H and O–H groups in total. The lowest BCUT2D eigenvalue weighted by molar-refractivity contribution is -0.141. The molecule has 1 fully saturated rings. The van der Waals surface area contributed by atoms with Gasteiger partial charge >= 0.3 is 0 Å². The van der Waals surface area contributed by atoms with Crippen LogP contribution in [0.5, 0.6) is 0 Å². The van der Waals surface area contributed by atoms with E-state index in [1.807, 2.05) is 6.20 Å². The standard InChI is InChI=1S/C23H32N2O2SSi/c1-21(2,3)29(5,6)26-15-23-13-17-9-7-8-10-18(17)22(23,4)14-19(23)27-20(28)25-12-11-24-16-25/h7-12,16,19H,13-15H2,1-6H3/t19-,22+,23-/m0/s1. The van der Waals surface area contributed by atoms with E-state index in [-0.39, 0.29) is 22.0 Å². The van der Waals surface area contributed by atoms with E-state index in [4.69, 9.17) is 21.4 Å². The van der Waals surface area contributed by atoms with Crippen molar-refractivity contribution in [1.82, 2.24) is 9.55 Å². The molecule has 0 radical (unpaired) electrons. The molecule has 0 spiro atoms. The maximum atomic E-state index is 6.80. The lowest BCUT2D eigenvalue weighted by Crippen LogP contribution is -2.65. The molecule has 0 bridgehead atoms. The fourth-order valence-corrected chi connectivity index (χ4v) is 6.04. The molecule has 1 aromatic heterocycles. The quantitative estimate of drug-likeness (QED) is 0.487. The van der Waals surface area contributed by atoms with Gasteiger partial charge in [0.05, 0.1) is 0 Å². The van der Waals surface area contributed by atoms with E-state index in [2.05, 4.69) is 70.0 Å². The third kappa shape index (κ3) is 3.11. The summed E-state index contributed by atoms with van der Waals surface area (Å²) in [7, 11) is -1.88. The molecule has 29 heavy (non-hydrogen) atoms. The zero-order valence-electron chi connectivity index (χ0n) is 18.4. The number of hydrogen-bond acceptors (Lipinski definition) is 4. The Morgan fingerprint density at radius 3 is 2.69 bits per heavy atom. The molecular weight excluding hydrogens is 396 g/mol. The van der Waals surface area contributed by atoms with Crippen LogP contribution in [0.3, 0.4) is 0 Å². The molecule has 3 atom stereocenters. The summed E-state index contributed by atoms with van der Waals surface area (Å²) in [5.41, 5.74) is 2.85. The van der Waals surface area contributed by atoms with Crippen LogP contribution in [-0.2, 0) is 21.0 Å². The first-order valence-corrected chi connectivity index (χ1v) is 13.7. The molecule has 4 rings (SSSR count). The summed E-state index contributed by atoms with van der Waals surface area (Å²) in [5, 5.41) is 0.648. The summed E-state index contributed by atoms with van der Waals surface area (Å²) in [6, 6.07) is 8.84. The molecule has 156 valence electrons. The van der Waals surface area contributed by atoms with Crippen LogP contribution >= 0.6 is 12.2 Å². The van der Waals surface area contributed by atoms with Crippen molar-refractivity contribution in [3.8, 4) is 0 Å². The third-order valence-electron chi connectivity index (χ3n) is 7.88. The number of ether oxygens (including phenoxy) is 1. The van der Waals surface area contributed by atoms with Crippen LogP contribution in [0.2, 0.25) is 18.1 Å². The van der Waals surface area contributed by atoms with E-state index < -0.39 is 8.32 Å². The fraction of sp³-hybridized carbons (Fsp3) is 0.565. The highest BCUT2D eigenvalue weighted by Gasteiger charge is 2.69. The van der Waals surface area contributed by atoms with Gasteiger partial charge in [-0.15, -0.1) is 0 Å². The number of nitrogens with zero attached hydrogens (tertiary/aromatic N) is 2. The number of thiocarbonyl (C=S) groups is 1. The monoisotopic (exact) mass is 428 g/mol. The number of rotatable bonds is 4. The molecule has 4 nitrogen and oxygen atoms in total. The Bertz CT molecular complexity index is 921. The van der Waals surface area contributed by atoms with Gasteiger partial charge in [0.15, 0.2) is 8.32 Å². The number of fused-ring (bicyclic) bond motifs is 3. The predicted octanol–water partition coefficient (Wildman–Crippen LogP) is 5.33. The first kappa shape index (κ1) is 20.8. The largest absolute Gasteiger partial charge is 0.466 e. The molecule has 2 aromatic rings. The average molecular weight is 429 g/mol. The summed E-state index contributed by atoms with van der Waals surface area (Å²) in [6.45, 7) is 14.6. The van der Waals surface area contributed by atoms with E-state index in [9.17, 15) is 0 Å². The van der Waals surface area contributed by atoms with Gasteiger partial charge in [0.25, 0.3) is 5.17 Å². The maximum Gasteiger partial charge on any atom is 0.269 e. The molecule has 6 heteroatoms. The average Bonchev–Trinajstić information content (AvgIpc) is 3.23. The van der Waals surface area contributed by atoms with E-state index in [0.717, 1.165) is 12.8 Å². The molecule has 0 amide bonds. The molecule has 2 aliphatic carbocycles. The second-order valence-electron chi connectivity index (χ2n) is 10.4. The van der Waals surface area contributed by atoms with Gasteiger partial charge in [-0.3, -0.25) is 4.57 Å². The Balaban J connectivity index is 1.63. The lowest BCUT2D eigenvalue weighted by Gasteiger charge is -2.60. The zero-order valence-corrected chi connectivity index (χ0v) is 20.2. The van der Waals surface area contributed by atoms with Crippen molar-refractivity contribution >= 4 is 25.7 Å². The molecule has 1 saturated carbocycles. The van der Waals surface area contributed by atoms with Crippen LogP contribution in [-0.4, -0.2) is 35.8 Å². The van der Waals surface area contributed by atoms with Crippen LogP contribution in [0.4, 0.5) is 0 Å². The van der Waals surface area contributed by atoms with Crippen LogP contribution in [0.15, 0.2) is 43.0 Å². The minimum atomic E-state index is -1.88. The van der Waals surface area contributed by atoms with Gasteiger partial charge in [-0.25, -0.2) is 4.98 Å². The Hall–Kier alpha value is -1.50. The van der Waals surface area contributed by atoms with Crippen molar-refractivity contribution in [2.75, 3.05) is 6.61 Å². The summed E-state index contributed by atoms with van der Waals surface area (Å²) < 4.78 is 15.0. The summed E-state index contributed by atoms with van der Waals surface area (Å²) >= 11 is 5.57. The van der Waals surface area contributed by atoms with Gasteiger partial charge in [0.1, 0.15) is 12.4 Å². The predicted molar refractivity (Wildman–Crippen MR) is 123 cm³/mol. The molecule has 0 aliphatic heterocycles. The number of aromatic nitrogens is 2. The van der Waals surface area contributed by atoms with Crippen LogP contribution in [0.25, 0.3) is 0 Å². The minimum absolute atomic E-state index is 0.0413. The summed E-state index contributed by atoms with van der Waals surface area (Å²) in [6.07, 6.45) is 7.23. The van der Waals surface area contributed by atoms with E-state index in [1.54, 1.807) is 17.1 Å². The first-order valence-electron chi connectivity index (χ1n) is 10.4. The second kappa shape index (κ2) is 6.76. The highest BCUT2D eigenvalue weighted by molar-refractivity contribution is 7.80. The van der Waals surface area contributed by atoms with Crippen molar-refractivity contribution in [1.29, 1.82) is 0 Å². The topological polar surface area (TPSA) is 36.3 Å². The Kier molecular flexibility index (Phi) is 4.84. The van der Waals surface area contributed by atoms with Crippen molar-refractivity contribution in [3.05, 3.63) is 54.1 Å². The number of benzene rings is 1. The van der Waals surface area contributed by atoms with Gasteiger partial charge in [0.2, 0.25) is 0 Å². The van der Waals surface area contributed by atoms with Crippen molar-refractivity contribution in [2.45, 2.75) is 70.2 Å². The van der Waals surface area contributed by atoms with Crippen molar-refractivity contribution in [2.24, 2.45) is 5.41 Å². The van der Waals surface area contributed by atoms with Crippen LogP contribution in [0, 0.1) is 5.41 Å². The number of hydrogen-bond donors (Lipinski definition) is 0. The van der Waals surface area contributed by atoms with Gasteiger partial charge in [-0.05, 0) is 54.3 Å². The lowest BCUT2D eigenvalue weighted by atomic mass is 9.49. The molecular formula is C23H32N2O2SSi. The summed E-state index contributed by atoms with van der Waals surface area (Å²) in [5.74, 6) is 0. The van der Waals surface area contributed by atoms with E-state index >= 15 is 0 Å². The number of imidazole rings is 1. The Labute approximate surface area is 180 Å². The molecule has 2 aliphatic rings. The second-order valence-corrected chi connectivity index (χ2v) is 15.6. The highest BCUT2D eigenvalue weighted by Crippen LogP contribution is 2.66.